The van der Waals surface area contributed by atoms with Gasteiger partial charge in [0.05, 0.1) is 19.0 Å². The average Bonchev–Trinajstić information content (AvgIpc) is 3.16. The number of hydrogen-bond acceptors (Lipinski definition) is 4. The molecule has 0 unspecified atom stereocenters. The lowest BCUT2D eigenvalue weighted by atomic mass is 10.0. The third-order valence-corrected chi connectivity index (χ3v) is 4.20. The van der Waals surface area contributed by atoms with Gasteiger partial charge in [-0.2, -0.15) is 0 Å². The molecule has 1 atom stereocenters. The standard InChI is InChI=1S/C19H21NO4/c21-18(17-10-5-12-24-17)19(22)20-11-13-23-16(14-20)9-4-8-15-6-2-1-3-7-15/h1-3,5-7,10,12,16H,4,8-9,11,13-14H2/t16-/m1/s1. The molecule has 0 bridgehead atoms. The van der Waals surface area contributed by atoms with E-state index in [9.17, 15) is 9.59 Å². The van der Waals surface area contributed by atoms with E-state index in [1.54, 1.807) is 11.0 Å². The second kappa shape index (κ2) is 7.93. The SMILES string of the molecule is O=C(C(=O)N1CCO[C@H](CCCc2ccccc2)C1)c1ccco1. The van der Waals surface area contributed by atoms with Crippen LogP contribution in [0, 0.1) is 0 Å². The van der Waals surface area contributed by atoms with E-state index in [1.165, 1.54) is 17.9 Å². The van der Waals surface area contributed by atoms with Gasteiger partial charge in [0.1, 0.15) is 0 Å². The zero-order chi connectivity index (χ0) is 16.8. The molecule has 1 fully saturated rings. The number of benzene rings is 1. The average molecular weight is 327 g/mol. The molecule has 1 aromatic heterocycles. The molecule has 1 aromatic carbocycles. The second-order valence-electron chi connectivity index (χ2n) is 5.93. The van der Waals surface area contributed by atoms with Gasteiger partial charge in [0.25, 0.3) is 11.7 Å². The van der Waals surface area contributed by atoms with Crippen LogP contribution in [0.2, 0.25) is 0 Å². The highest BCUT2D eigenvalue weighted by molar-refractivity contribution is 6.41. The molecule has 0 spiro atoms. The molecule has 3 rings (SSSR count). The number of amides is 1. The topological polar surface area (TPSA) is 59.8 Å². The molecule has 0 radical (unpaired) electrons. The van der Waals surface area contributed by atoms with Crippen molar-refractivity contribution in [1.29, 1.82) is 0 Å². The van der Waals surface area contributed by atoms with Crippen LogP contribution >= 0.6 is 0 Å². The van der Waals surface area contributed by atoms with Gasteiger partial charge >= 0.3 is 0 Å². The van der Waals surface area contributed by atoms with Crippen molar-refractivity contribution in [3.8, 4) is 0 Å². The summed E-state index contributed by atoms with van der Waals surface area (Å²) in [4.78, 5) is 26.0. The number of carbonyl (C=O) groups is 2. The molecule has 0 aliphatic carbocycles. The molecule has 1 aliphatic heterocycles. The molecule has 5 nitrogen and oxygen atoms in total. The van der Waals surface area contributed by atoms with Gasteiger partial charge < -0.3 is 14.1 Å². The van der Waals surface area contributed by atoms with Crippen molar-refractivity contribution in [1.82, 2.24) is 4.90 Å². The summed E-state index contributed by atoms with van der Waals surface area (Å²) in [5.41, 5.74) is 1.30. The number of nitrogens with zero attached hydrogens (tertiary/aromatic N) is 1. The molecule has 126 valence electrons. The highest BCUT2D eigenvalue weighted by atomic mass is 16.5. The Morgan fingerprint density at radius 1 is 1.12 bits per heavy atom. The lowest BCUT2D eigenvalue weighted by molar-refractivity contribution is -0.134. The minimum atomic E-state index is -0.593. The monoisotopic (exact) mass is 327 g/mol. The van der Waals surface area contributed by atoms with E-state index in [2.05, 4.69) is 12.1 Å². The fourth-order valence-electron chi connectivity index (χ4n) is 2.91. The van der Waals surface area contributed by atoms with Crippen molar-refractivity contribution in [3.05, 3.63) is 60.1 Å². The van der Waals surface area contributed by atoms with Crippen LogP contribution in [-0.2, 0) is 16.0 Å². The van der Waals surface area contributed by atoms with Crippen molar-refractivity contribution < 1.29 is 18.7 Å². The van der Waals surface area contributed by atoms with Crippen LogP contribution in [0.25, 0.3) is 0 Å². The minimum absolute atomic E-state index is 0.0178. The number of carbonyl (C=O) groups excluding carboxylic acids is 2. The van der Waals surface area contributed by atoms with Crippen molar-refractivity contribution in [2.45, 2.75) is 25.4 Å². The molecule has 0 saturated carbocycles. The van der Waals surface area contributed by atoms with E-state index >= 15 is 0 Å². The number of aryl methyl sites for hydroxylation is 1. The maximum atomic E-state index is 12.3. The van der Waals surface area contributed by atoms with Crippen LogP contribution in [0.4, 0.5) is 0 Å². The highest BCUT2D eigenvalue weighted by Crippen LogP contribution is 2.15. The largest absolute Gasteiger partial charge is 0.461 e. The van der Waals surface area contributed by atoms with Crippen LogP contribution in [-0.4, -0.2) is 42.4 Å². The van der Waals surface area contributed by atoms with Crippen LogP contribution < -0.4 is 0 Å². The molecule has 1 saturated heterocycles. The van der Waals surface area contributed by atoms with Crippen LogP contribution in [0.1, 0.15) is 29.0 Å². The van der Waals surface area contributed by atoms with Crippen molar-refractivity contribution in [2.24, 2.45) is 0 Å². The summed E-state index contributed by atoms with van der Waals surface area (Å²) >= 11 is 0. The van der Waals surface area contributed by atoms with Gasteiger partial charge in [-0.15, -0.1) is 0 Å². The Morgan fingerprint density at radius 2 is 1.96 bits per heavy atom. The fourth-order valence-corrected chi connectivity index (χ4v) is 2.91. The molecule has 0 N–H and O–H groups in total. The summed E-state index contributed by atoms with van der Waals surface area (Å²) in [7, 11) is 0. The van der Waals surface area contributed by atoms with Gasteiger partial charge in [-0.1, -0.05) is 30.3 Å². The summed E-state index contributed by atoms with van der Waals surface area (Å²) in [6, 6.07) is 13.4. The summed E-state index contributed by atoms with van der Waals surface area (Å²) in [5.74, 6) is -1.02. The Labute approximate surface area is 141 Å². The first-order valence-electron chi connectivity index (χ1n) is 8.26. The van der Waals surface area contributed by atoms with Crippen LogP contribution in [0.5, 0.6) is 0 Å². The molecule has 2 heterocycles. The van der Waals surface area contributed by atoms with Crippen molar-refractivity contribution in [3.63, 3.8) is 0 Å². The van der Waals surface area contributed by atoms with E-state index in [4.69, 9.17) is 9.15 Å². The van der Waals surface area contributed by atoms with Crippen molar-refractivity contribution in [2.75, 3.05) is 19.7 Å². The Hall–Kier alpha value is -2.40. The van der Waals surface area contributed by atoms with E-state index in [0.717, 1.165) is 19.3 Å². The first kappa shape index (κ1) is 16.5. The third-order valence-electron chi connectivity index (χ3n) is 4.20. The quantitative estimate of drug-likeness (QED) is 0.604. The number of ketones is 1. The van der Waals surface area contributed by atoms with E-state index in [0.29, 0.717) is 19.7 Å². The highest BCUT2D eigenvalue weighted by Gasteiger charge is 2.29. The lowest BCUT2D eigenvalue weighted by Gasteiger charge is -2.32. The molecule has 1 aliphatic rings. The van der Waals surface area contributed by atoms with Crippen LogP contribution in [0.3, 0.4) is 0 Å². The Morgan fingerprint density at radius 3 is 2.71 bits per heavy atom. The maximum absolute atomic E-state index is 12.3. The van der Waals surface area contributed by atoms with Gasteiger partial charge in [0.15, 0.2) is 5.76 Å². The fraction of sp³-hybridized carbons (Fsp3) is 0.368. The van der Waals surface area contributed by atoms with Gasteiger partial charge in [-0.25, -0.2) is 0 Å². The minimum Gasteiger partial charge on any atom is -0.461 e. The van der Waals surface area contributed by atoms with E-state index in [1.807, 2.05) is 18.2 Å². The number of hydrogen-bond donors (Lipinski definition) is 0. The van der Waals surface area contributed by atoms with Gasteiger partial charge in [-0.05, 0) is 37.0 Å². The molecular weight excluding hydrogens is 306 g/mol. The molecule has 24 heavy (non-hydrogen) atoms. The Bertz CT molecular complexity index is 666. The lowest BCUT2D eigenvalue weighted by Crippen LogP contribution is -2.48. The third kappa shape index (κ3) is 4.11. The smallest absolute Gasteiger partial charge is 0.298 e. The summed E-state index contributed by atoms with van der Waals surface area (Å²) in [6.45, 7) is 1.37. The first-order chi connectivity index (χ1) is 11.7. The number of morpholine rings is 1. The first-order valence-corrected chi connectivity index (χ1v) is 8.26. The Kier molecular flexibility index (Phi) is 5.43. The molecule has 1 amide bonds. The maximum Gasteiger partial charge on any atom is 0.298 e. The second-order valence-corrected chi connectivity index (χ2v) is 5.93. The van der Waals surface area contributed by atoms with Crippen LogP contribution in [0.15, 0.2) is 53.1 Å². The number of rotatable bonds is 6. The normalized spacial score (nSPS) is 17.7. The molecular formula is C19H21NO4. The number of Topliss-reactive ketones (excluding diaryl/α,β-unsaturated/α-hetero) is 1. The van der Waals surface area contributed by atoms with Gasteiger partial charge in [0.2, 0.25) is 0 Å². The number of furan rings is 1. The zero-order valence-electron chi connectivity index (χ0n) is 13.5. The molecule has 2 aromatic rings. The predicted octanol–water partition coefficient (Wildman–Crippen LogP) is 2.71. The summed E-state index contributed by atoms with van der Waals surface area (Å²) < 4.78 is 10.8. The zero-order valence-corrected chi connectivity index (χ0v) is 13.5. The van der Waals surface area contributed by atoms with E-state index in [-0.39, 0.29) is 11.9 Å². The summed E-state index contributed by atoms with van der Waals surface area (Å²) in [6.07, 6.45) is 4.22. The van der Waals surface area contributed by atoms with Gasteiger partial charge in [0, 0.05) is 13.1 Å². The predicted molar refractivity (Wildman–Crippen MR) is 88.7 cm³/mol. The summed E-state index contributed by atoms with van der Waals surface area (Å²) in [5, 5.41) is 0. The molecule has 5 heteroatoms. The Balaban J connectivity index is 1.49. The van der Waals surface area contributed by atoms with E-state index < -0.39 is 11.7 Å². The van der Waals surface area contributed by atoms with Gasteiger partial charge in [-0.3, -0.25) is 9.59 Å². The van der Waals surface area contributed by atoms with Crippen molar-refractivity contribution >= 4 is 11.7 Å². The number of ether oxygens (including phenoxy) is 1.